The third kappa shape index (κ3) is 10.9. The fourth-order valence-electron chi connectivity index (χ4n) is 7.68. The van der Waals surface area contributed by atoms with E-state index >= 15 is 0 Å². The van der Waals surface area contributed by atoms with Gasteiger partial charge in [0.1, 0.15) is 35.1 Å². The Morgan fingerprint density at radius 3 is 2.41 bits per heavy atom. The Hall–Kier alpha value is -5.63. The van der Waals surface area contributed by atoms with E-state index in [9.17, 15) is 40.8 Å². The van der Waals surface area contributed by atoms with Crippen molar-refractivity contribution in [2.45, 2.75) is 100 Å². The fourth-order valence-corrected chi connectivity index (χ4v) is 9.04. The van der Waals surface area contributed by atoms with Gasteiger partial charge in [0.2, 0.25) is 27.7 Å². The van der Waals surface area contributed by atoms with Crippen LogP contribution in [0.4, 0.5) is 23.7 Å². The molecular weight excluding hydrogens is 850 g/mol. The van der Waals surface area contributed by atoms with Gasteiger partial charge < -0.3 is 39.4 Å². The standard InChI is InChI=1S/C43H51F3N6O10S/c1-41(2,3)62-40(56)48-33-17-19-59-18-7-6-8-27-23-42(27,39(55)50-63(57,58)31-14-15-31)49-36(53)35-22-30(24-52(35)38(33)54)60-37-32-16-11-28(51(4)5)20-26(32)21-34(47-37)25-9-12-29(13-10-25)61-43(44,45)46/h6,8-13,16,20-21,27,30-31,33,35H,7,14-15,17-19,22-24H2,1-5H3,(H,48,56)(H,49,53)(H,50,55)/t27-,30?,33+,35+,42-/m1/s1. The highest BCUT2D eigenvalue weighted by atomic mass is 32.2. The molecule has 7 rings (SSSR count). The second-order valence-corrected chi connectivity index (χ2v) is 19.4. The quantitative estimate of drug-likeness (QED) is 0.245. The van der Waals surface area contributed by atoms with Crippen LogP contribution < -0.4 is 29.7 Å². The van der Waals surface area contributed by atoms with Gasteiger partial charge in [0.05, 0.1) is 24.1 Å². The number of carbonyl (C=O) groups excluding carboxylic acids is 4. The molecule has 5 atom stereocenters. The first-order chi connectivity index (χ1) is 29.6. The number of carbonyl (C=O) groups is 4. The molecule has 1 aromatic heterocycles. The van der Waals surface area contributed by atoms with Crippen molar-refractivity contribution in [3.05, 3.63) is 60.7 Å². The van der Waals surface area contributed by atoms with Gasteiger partial charge in [-0.3, -0.25) is 19.1 Å². The predicted octanol–water partition coefficient (Wildman–Crippen LogP) is 4.96. The Kier molecular flexibility index (Phi) is 12.6. The zero-order valence-corrected chi connectivity index (χ0v) is 36.3. The van der Waals surface area contributed by atoms with E-state index in [-0.39, 0.29) is 44.9 Å². The minimum atomic E-state index is -4.88. The van der Waals surface area contributed by atoms with Crippen molar-refractivity contribution in [3.63, 3.8) is 0 Å². The average Bonchev–Trinajstić information content (AvgIpc) is 4.12. The van der Waals surface area contributed by atoms with Gasteiger partial charge in [-0.15, -0.1) is 13.2 Å². The molecule has 3 N–H and O–H groups in total. The molecule has 1 unspecified atom stereocenters. The first-order valence-electron chi connectivity index (χ1n) is 20.7. The Labute approximate surface area is 362 Å². The Morgan fingerprint density at radius 2 is 1.75 bits per heavy atom. The number of alkyl halides is 3. The van der Waals surface area contributed by atoms with E-state index in [0.717, 1.165) is 5.69 Å². The fraction of sp³-hybridized carbons (Fsp3) is 0.512. The van der Waals surface area contributed by atoms with Crippen LogP contribution in [0.5, 0.6) is 11.6 Å². The SMILES string of the molecule is CN(C)c1ccc2c(OC3C[C@H]4C(=O)N[C@]5(C(=O)NS(=O)(=O)C6CC6)C[C@H]5C=CCCOCC[C@H](NC(=O)OC(C)(C)C)C(=O)N4C3)nc(-c3ccc(OC(F)(F)F)cc3)cc2c1. The van der Waals surface area contributed by atoms with Crippen molar-refractivity contribution in [1.82, 2.24) is 25.2 Å². The molecule has 0 spiro atoms. The van der Waals surface area contributed by atoms with E-state index in [1.807, 2.05) is 31.1 Å². The molecule has 2 saturated carbocycles. The smallest absolute Gasteiger partial charge is 0.472 e. The summed E-state index contributed by atoms with van der Waals surface area (Å²) in [5.74, 6) is -3.15. The maximum absolute atomic E-state index is 14.6. The van der Waals surface area contributed by atoms with Crippen LogP contribution in [0, 0.1) is 5.92 Å². The lowest BCUT2D eigenvalue weighted by molar-refractivity contribution is -0.274. The number of ether oxygens (including phenoxy) is 4. The van der Waals surface area contributed by atoms with Gasteiger partial charge in [0, 0.05) is 56.1 Å². The molecule has 20 heteroatoms. The summed E-state index contributed by atoms with van der Waals surface area (Å²) in [6.07, 6.45) is -1.87. The summed E-state index contributed by atoms with van der Waals surface area (Å²) in [4.78, 5) is 64.0. The van der Waals surface area contributed by atoms with Crippen LogP contribution in [0.2, 0.25) is 0 Å². The molecule has 3 aromatic rings. The molecule has 4 aliphatic rings. The number of amides is 4. The molecule has 1 saturated heterocycles. The van der Waals surface area contributed by atoms with Crippen LogP contribution in [0.25, 0.3) is 22.0 Å². The van der Waals surface area contributed by atoms with Crippen LogP contribution in [0.3, 0.4) is 0 Å². The molecule has 2 aliphatic carbocycles. The van der Waals surface area contributed by atoms with Crippen LogP contribution >= 0.6 is 0 Å². The normalized spacial score (nSPS) is 24.5. The number of pyridine rings is 1. The van der Waals surface area contributed by atoms with Crippen molar-refractivity contribution in [3.8, 4) is 22.9 Å². The molecule has 0 radical (unpaired) electrons. The minimum Gasteiger partial charge on any atom is -0.472 e. The van der Waals surface area contributed by atoms with Crippen LogP contribution in [0.1, 0.15) is 59.3 Å². The third-order valence-electron chi connectivity index (χ3n) is 11.1. The number of sulfonamides is 1. The number of fused-ring (bicyclic) bond motifs is 3. The lowest BCUT2D eigenvalue weighted by Gasteiger charge is -2.30. The zero-order valence-electron chi connectivity index (χ0n) is 35.5. The number of nitrogens with one attached hydrogen (secondary N) is 3. The van der Waals surface area contributed by atoms with E-state index < -0.39 is 86.4 Å². The summed E-state index contributed by atoms with van der Waals surface area (Å²) in [7, 11) is -0.264. The number of anilines is 1. The van der Waals surface area contributed by atoms with Gasteiger partial charge in [-0.05, 0) is 100 Å². The molecular formula is C43H51F3N6O10S. The highest BCUT2D eigenvalue weighted by Crippen LogP contribution is 2.46. The summed E-state index contributed by atoms with van der Waals surface area (Å²) in [6, 6.07) is 9.96. The summed E-state index contributed by atoms with van der Waals surface area (Å²) in [5.41, 5.74) is -0.910. The van der Waals surface area contributed by atoms with Crippen molar-refractivity contribution in [1.29, 1.82) is 0 Å². The Bertz CT molecular complexity index is 2390. The molecule has 0 bridgehead atoms. The largest absolute Gasteiger partial charge is 0.573 e. The molecule has 2 aliphatic heterocycles. The van der Waals surface area contributed by atoms with Crippen LogP contribution in [0.15, 0.2) is 60.7 Å². The van der Waals surface area contributed by atoms with Crippen LogP contribution in [-0.4, -0.2) is 117 Å². The highest BCUT2D eigenvalue weighted by molar-refractivity contribution is 7.91. The Morgan fingerprint density at radius 1 is 1.02 bits per heavy atom. The summed E-state index contributed by atoms with van der Waals surface area (Å²) in [5, 5.41) is 5.98. The van der Waals surface area contributed by atoms with E-state index in [0.29, 0.717) is 41.3 Å². The van der Waals surface area contributed by atoms with Gasteiger partial charge in [-0.1, -0.05) is 12.2 Å². The number of hydrogen-bond acceptors (Lipinski definition) is 12. The second-order valence-electron chi connectivity index (χ2n) is 17.4. The molecule has 3 fully saturated rings. The molecule has 2 aromatic carbocycles. The predicted molar refractivity (Wildman–Crippen MR) is 224 cm³/mol. The molecule has 4 amide bonds. The number of hydrogen-bond donors (Lipinski definition) is 3. The maximum atomic E-state index is 14.6. The number of benzene rings is 2. The maximum Gasteiger partial charge on any atom is 0.573 e. The lowest BCUT2D eigenvalue weighted by Crippen LogP contribution is -2.58. The van der Waals surface area contributed by atoms with Gasteiger partial charge >= 0.3 is 12.5 Å². The number of nitrogens with zero attached hydrogens (tertiary/aromatic N) is 3. The van der Waals surface area contributed by atoms with Gasteiger partial charge in [-0.25, -0.2) is 18.2 Å². The van der Waals surface area contributed by atoms with Crippen molar-refractivity contribution < 1.29 is 59.7 Å². The van der Waals surface area contributed by atoms with Gasteiger partial charge in [0.15, 0.2) is 0 Å². The van der Waals surface area contributed by atoms with E-state index in [2.05, 4.69) is 20.1 Å². The van der Waals surface area contributed by atoms with E-state index in [4.69, 9.17) is 19.2 Å². The first-order valence-corrected chi connectivity index (χ1v) is 22.2. The number of aromatic nitrogens is 1. The average molecular weight is 901 g/mol. The van der Waals surface area contributed by atoms with Crippen molar-refractivity contribution >= 4 is 50.3 Å². The first kappa shape index (κ1) is 45.4. The second kappa shape index (κ2) is 17.5. The lowest BCUT2D eigenvalue weighted by atomic mass is 10.1. The number of alkyl carbamates (subject to hydrolysis) is 1. The van der Waals surface area contributed by atoms with E-state index in [1.165, 1.54) is 29.2 Å². The van der Waals surface area contributed by atoms with Crippen LogP contribution in [-0.2, 0) is 33.9 Å². The monoisotopic (exact) mass is 900 g/mol. The summed E-state index contributed by atoms with van der Waals surface area (Å²) in [6.45, 7) is 5.12. The molecule has 340 valence electrons. The van der Waals surface area contributed by atoms with Gasteiger partial charge in [0.25, 0.3) is 5.91 Å². The molecule has 63 heavy (non-hydrogen) atoms. The highest BCUT2D eigenvalue weighted by Gasteiger charge is 2.62. The van der Waals surface area contributed by atoms with E-state index in [1.54, 1.807) is 45.1 Å². The summed E-state index contributed by atoms with van der Waals surface area (Å²) >= 11 is 0. The third-order valence-corrected chi connectivity index (χ3v) is 12.9. The Balaban J connectivity index is 1.24. The number of halogens is 3. The van der Waals surface area contributed by atoms with Crippen molar-refractivity contribution in [2.75, 3.05) is 38.8 Å². The zero-order chi connectivity index (χ0) is 45.5. The molecule has 3 heterocycles. The van der Waals surface area contributed by atoms with Crippen molar-refractivity contribution in [2.24, 2.45) is 5.92 Å². The summed E-state index contributed by atoms with van der Waals surface area (Å²) < 4.78 is 88.8. The topological polar surface area (TPSA) is 195 Å². The number of rotatable bonds is 9. The minimum absolute atomic E-state index is 0.0153. The van der Waals surface area contributed by atoms with Gasteiger partial charge in [-0.2, -0.15) is 0 Å². The molecule has 16 nitrogen and oxygen atoms in total.